The van der Waals surface area contributed by atoms with Crippen LogP contribution in [0.15, 0.2) is 72.8 Å². The van der Waals surface area contributed by atoms with Gasteiger partial charge in [0, 0.05) is 28.4 Å². The molecule has 33 heavy (non-hydrogen) atoms. The number of ketones is 1. The van der Waals surface area contributed by atoms with Gasteiger partial charge in [0.15, 0.2) is 0 Å². The number of hydrogen-bond acceptors (Lipinski definition) is 3. The van der Waals surface area contributed by atoms with Crippen LogP contribution in [0.2, 0.25) is 0 Å². The van der Waals surface area contributed by atoms with Crippen LogP contribution >= 0.6 is 0 Å². The molecule has 2 amide bonds. The van der Waals surface area contributed by atoms with Crippen LogP contribution in [-0.2, 0) is 0 Å². The average molecular weight is 454 g/mol. The Kier molecular flexibility index (Phi) is 6.96. The average Bonchev–Trinajstić information content (AvgIpc) is 2.78. The summed E-state index contributed by atoms with van der Waals surface area (Å²) in [4.78, 5) is 37.0. The summed E-state index contributed by atoms with van der Waals surface area (Å²) in [5, 5.41) is 5.46. The molecule has 0 heterocycles. The Bertz CT molecular complexity index is 1190. The van der Waals surface area contributed by atoms with Crippen LogP contribution in [0.25, 0.3) is 11.1 Å². The van der Waals surface area contributed by atoms with Crippen molar-refractivity contribution in [2.24, 2.45) is 0 Å². The minimum absolute atomic E-state index is 0.0729. The highest BCUT2D eigenvalue weighted by molar-refractivity contribution is 6.11. The van der Waals surface area contributed by atoms with Gasteiger partial charge >= 0.3 is 6.18 Å². The first-order valence-corrected chi connectivity index (χ1v) is 10.1. The number of Topliss-reactive ketones (excluding diaryl/α,β-unsaturated/α-hetero) is 1. The van der Waals surface area contributed by atoms with Gasteiger partial charge in [0.25, 0.3) is 17.6 Å². The molecule has 0 saturated carbocycles. The summed E-state index contributed by atoms with van der Waals surface area (Å²) in [5.41, 5.74) is 1.46. The van der Waals surface area contributed by atoms with Crippen molar-refractivity contribution in [3.8, 4) is 11.1 Å². The standard InChI is InChI=1S/C25H21F3N2O3/c1-15(2)29-23(32)20-9-5-3-7-18(20)19-8-4-6-10-21(19)24(33)30-17-13-11-16(12-14-17)22(31)25(26,27)28/h3-15H,1-2H3,(H,29,32)(H,30,33). The van der Waals surface area contributed by atoms with Crippen LogP contribution in [-0.4, -0.2) is 29.8 Å². The van der Waals surface area contributed by atoms with Gasteiger partial charge in [-0.25, -0.2) is 0 Å². The molecule has 0 radical (unpaired) electrons. The molecule has 0 fully saturated rings. The molecule has 5 nitrogen and oxygen atoms in total. The lowest BCUT2D eigenvalue weighted by molar-refractivity contribution is -0.0885. The lowest BCUT2D eigenvalue weighted by Gasteiger charge is -2.15. The molecular weight excluding hydrogens is 433 g/mol. The lowest BCUT2D eigenvalue weighted by atomic mass is 9.94. The molecule has 2 N–H and O–H groups in total. The van der Waals surface area contributed by atoms with Crippen molar-refractivity contribution in [2.45, 2.75) is 26.1 Å². The van der Waals surface area contributed by atoms with E-state index >= 15 is 0 Å². The van der Waals surface area contributed by atoms with Crippen molar-refractivity contribution >= 4 is 23.3 Å². The molecule has 0 aromatic heterocycles. The first-order valence-electron chi connectivity index (χ1n) is 10.1. The first-order chi connectivity index (χ1) is 15.6. The summed E-state index contributed by atoms with van der Waals surface area (Å²) in [6, 6.07) is 18.0. The van der Waals surface area contributed by atoms with Crippen molar-refractivity contribution in [3.63, 3.8) is 0 Å². The third-order valence-electron chi connectivity index (χ3n) is 4.72. The molecule has 0 atom stereocenters. The highest BCUT2D eigenvalue weighted by Gasteiger charge is 2.39. The van der Waals surface area contributed by atoms with Gasteiger partial charge in [-0.1, -0.05) is 36.4 Å². The van der Waals surface area contributed by atoms with Gasteiger partial charge in [-0.3, -0.25) is 14.4 Å². The van der Waals surface area contributed by atoms with E-state index in [9.17, 15) is 27.6 Å². The number of amides is 2. The van der Waals surface area contributed by atoms with E-state index in [0.29, 0.717) is 16.7 Å². The van der Waals surface area contributed by atoms with E-state index in [1.807, 2.05) is 13.8 Å². The van der Waals surface area contributed by atoms with Gasteiger partial charge in [-0.05, 0) is 61.4 Å². The number of nitrogens with one attached hydrogen (secondary N) is 2. The summed E-state index contributed by atoms with van der Waals surface area (Å²) in [7, 11) is 0. The molecule has 3 aromatic carbocycles. The summed E-state index contributed by atoms with van der Waals surface area (Å²) in [6.45, 7) is 3.69. The Labute approximate surface area is 188 Å². The summed E-state index contributed by atoms with van der Waals surface area (Å²) in [5.74, 6) is -2.75. The second-order valence-electron chi connectivity index (χ2n) is 7.58. The zero-order valence-corrected chi connectivity index (χ0v) is 17.9. The van der Waals surface area contributed by atoms with Gasteiger partial charge in [-0.2, -0.15) is 13.2 Å². The molecule has 3 aromatic rings. The zero-order valence-electron chi connectivity index (χ0n) is 17.9. The third kappa shape index (κ3) is 5.65. The van der Waals surface area contributed by atoms with Gasteiger partial charge in [0.1, 0.15) is 0 Å². The lowest BCUT2D eigenvalue weighted by Crippen LogP contribution is -2.30. The second kappa shape index (κ2) is 9.68. The normalized spacial score (nSPS) is 11.2. The molecule has 0 unspecified atom stereocenters. The van der Waals surface area contributed by atoms with E-state index < -0.39 is 23.4 Å². The largest absolute Gasteiger partial charge is 0.454 e. The fraction of sp³-hybridized carbons (Fsp3) is 0.160. The van der Waals surface area contributed by atoms with Gasteiger partial charge in [-0.15, -0.1) is 0 Å². The van der Waals surface area contributed by atoms with Crippen LogP contribution in [0.4, 0.5) is 18.9 Å². The van der Waals surface area contributed by atoms with Crippen LogP contribution in [0.5, 0.6) is 0 Å². The van der Waals surface area contributed by atoms with Crippen LogP contribution < -0.4 is 10.6 Å². The number of rotatable bonds is 6. The quantitative estimate of drug-likeness (QED) is 0.484. The highest BCUT2D eigenvalue weighted by Crippen LogP contribution is 2.28. The van der Waals surface area contributed by atoms with Crippen LogP contribution in [0, 0.1) is 0 Å². The SMILES string of the molecule is CC(C)NC(=O)c1ccccc1-c1ccccc1C(=O)Nc1ccc(C(=O)C(F)(F)F)cc1. The first kappa shape index (κ1) is 23.7. The predicted octanol–water partition coefficient (Wildman–Crippen LogP) is 5.49. The fourth-order valence-electron chi connectivity index (χ4n) is 3.24. The zero-order chi connectivity index (χ0) is 24.2. The molecule has 0 spiro atoms. The number of carbonyl (C=O) groups is 3. The third-order valence-corrected chi connectivity index (χ3v) is 4.72. The maximum atomic E-state index is 13.0. The molecule has 170 valence electrons. The van der Waals surface area contributed by atoms with Crippen LogP contribution in [0.3, 0.4) is 0 Å². The summed E-state index contributed by atoms with van der Waals surface area (Å²) in [6.07, 6.45) is -4.97. The molecule has 0 aliphatic rings. The number of benzene rings is 3. The van der Waals surface area contributed by atoms with E-state index in [-0.39, 0.29) is 23.2 Å². The van der Waals surface area contributed by atoms with Crippen molar-refractivity contribution in [1.82, 2.24) is 5.32 Å². The molecule has 0 aliphatic heterocycles. The highest BCUT2D eigenvalue weighted by atomic mass is 19.4. The van der Waals surface area contributed by atoms with Crippen molar-refractivity contribution in [3.05, 3.63) is 89.5 Å². The van der Waals surface area contributed by atoms with E-state index in [2.05, 4.69) is 10.6 Å². The molecule has 3 rings (SSSR count). The number of alkyl halides is 3. The van der Waals surface area contributed by atoms with E-state index in [4.69, 9.17) is 0 Å². The number of carbonyl (C=O) groups excluding carboxylic acids is 3. The molecule has 0 saturated heterocycles. The maximum absolute atomic E-state index is 13.0. The molecule has 0 bridgehead atoms. The van der Waals surface area contributed by atoms with Gasteiger partial charge in [0.05, 0.1) is 0 Å². The molecule has 8 heteroatoms. The minimum atomic E-state index is -4.97. The number of anilines is 1. The van der Waals surface area contributed by atoms with E-state index in [1.165, 1.54) is 12.1 Å². The Morgan fingerprint density at radius 1 is 0.727 bits per heavy atom. The summed E-state index contributed by atoms with van der Waals surface area (Å²) < 4.78 is 37.8. The number of halogens is 3. The second-order valence-corrected chi connectivity index (χ2v) is 7.58. The molecular formula is C25H21F3N2O3. The van der Waals surface area contributed by atoms with Gasteiger partial charge < -0.3 is 10.6 Å². The maximum Gasteiger partial charge on any atom is 0.454 e. The topological polar surface area (TPSA) is 75.3 Å². The minimum Gasteiger partial charge on any atom is -0.350 e. The smallest absolute Gasteiger partial charge is 0.350 e. The Morgan fingerprint density at radius 2 is 1.21 bits per heavy atom. The van der Waals surface area contributed by atoms with Gasteiger partial charge in [0.2, 0.25) is 0 Å². The Hall–Kier alpha value is -3.94. The van der Waals surface area contributed by atoms with Crippen LogP contribution in [0.1, 0.15) is 44.9 Å². The van der Waals surface area contributed by atoms with Crippen molar-refractivity contribution in [1.29, 1.82) is 0 Å². The summed E-state index contributed by atoms with van der Waals surface area (Å²) >= 11 is 0. The monoisotopic (exact) mass is 454 g/mol. The Balaban J connectivity index is 1.90. The molecule has 0 aliphatic carbocycles. The van der Waals surface area contributed by atoms with E-state index in [1.54, 1.807) is 48.5 Å². The fourth-order valence-corrected chi connectivity index (χ4v) is 3.24. The number of hydrogen-bond donors (Lipinski definition) is 2. The predicted molar refractivity (Wildman–Crippen MR) is 119 cm³/mol. The van der Waals surface area contributed by atoms with Crippen molar-refractivity contribution < 1.29 is 27.6 Å². The van der Waals surface area contributed by atoms with Crippen molar-refractivity contribution in [2.75, 3.05) is 5.32 Å². The Morgan fingerprint density at radius 3 is 1.70 bits per heavy atom. The van der Waals surface area contributed by atoms with E-state index in [0.717, 1.165) is 12.1 Å².